The van der Waals surface area contributed by atoms with Gasteiger partial charge in [-0.3, -0.25) is 0 Å². The van der Waals surface area contributed by atoms with E-state index in [1.807, 2.05) is 18.2 Å². The van der Waals surface area contributed by atoms with Gasteiger partial charge in [0.15, 0.2) is 0 Å². The van der Waals surface area contributed by atoms with Crippen molar-refractivity contribution in [3.8, 4) is 5.75 Å². The molecule has 2 unspecified atom stereocenters. The molecule has 1 fully saturated rings. The van der Waals surface area contributed by atoms with Crippen LogP contribution < -0.4 is 5.32 Å². The summed E-state index contributed by atoms with van der Waals surface area (Å²) in [4.78, 5) is 2.36. The Morgan fingerprint density at radius 1 is 1.44 bits per heavy atom. The summed E-state index contributed by atoms with van der Waals surface area (Å²) >= 11 is 0. The molecule has 2 rings (SSSR count). The van der Waals surface area contributed by atoms with Crippen LogP contribution in [-0.4, -0.2) is 35.7 Å². The number of nitrogens with zero attached hydrogens (tertiary/aromatic N) is 1. The van der Waals surface area contributed by atoms with Crippen molar-refractivity contribution in [2.45, 2.75) is 32.0 Å². The van der Waals surface area contributed by atoms with Crippen LogP contribution in [-0.2, 0) is 6.54 Å². The van der Waals surface area contributed by atoms with Crippen LogP contribution in [0, 0.1) is 0 Å². The highest BCUT2D eigenvalue weighted by Crippen LogP contribution is 2.18. The van der Waals surface area contributed by atoms with Gasteiger partial charge in [-0.05, 0) is 26.5 Å². The standard InChI is InChI=1S/C13H20N2O/c1-10-7-12(9-15(10)2)14-8-11-5-3-4-6-13(11)16/h3-6,10,12,14,16H,7-9H2,1-2H3. The Bertz CT molecular complexity index is 344. The molecular formula is C13H20N2O. The zero-order valence-electron chi connectivity index (χ0n) is 9.98. The summed E-state index contributed by atoms with van der Waals surface area (Å²) in [5, 5.41) is 13.1. The first-order valence-electron chi connectivity index (χ1n) is 5.87. The number of hydrogen-bond donors (Lipinski definition) is 2. The SMILES string of the molecule is CC1CC(NCc2ccccc2O)CN1C. The smallest absolute Gasteiger partial charge is 0.120 e. The summed E-state index contributed by atoms with van der Waals surface area (Å²) in [6.07, 6.45) is 1.18. The monoisotopic (exact) mass is 220 g/mol. The van der Waals surface area contributed by atoms with Gasteiger partial charge in [-0.2, -0.15) is 0 Å². The third-order valence-corrected chi connectivity index (χ3v) is 3.46. The highest BCUT2D eigenvalue weighted by Gasteiger charge is 2.25. The van der Waals surface area contributed by atoms with Crippen LogP contribution in [0.2, 0.25) is 0 Å². The zero-order chi connectivity index (χ0) is 11.5. The predicted molar refractivity (Wildman–Crippen MR) is 65.4 cm³/mol. The van der Waals surface area contributed by atoms with E-state index in [-0.39, 0.29) is 0 Å². The third kappa shape index (κ3) is 2.54. The van der Waals surface area contributed by atoms with E-state index in [4.69, 9.17) is 0 Å². The van der Waals surface area contributed by atoms with Crippen molar-refractivity contribution in [2.75, 3.05) is 13.6 Å². The van der Waals surface area contributed by atoms with E-state index in [0.29, 0.717) is 17.8 Å². The molecule has 3 heteroatoms. The van der Waals surface area contributed by atoms with Crippen LogP contribution >= 0.6 is 0 Å². The minimum atomic E-state index is 0.384. The fourth-order valence-corrected chi connectivity index (χ4v) is 2.26. The third-order valence-electron chi connectivity index (χ3n) is 3.46. The van der Waals surface area contributed by atoms with Gasteiger partial charge in [0.05, 0.1) is 0 Å². The van der Waals surface area contributed by atoms with Crippen molar-refractivity contribution in [3.63, 3.8) is 0 Å². The van der Waals surface area contributed by atoms with E-state index in [1.54, 1.807) is 6.07 Å². The van der Waals surface area contributed by atoms with Crippen molar-refractivity contribution in [1.29, 1.82) is 0 Å². The summed E-state index contributed by atoms with van der Waals surface area (Å²) < 4.78 is 0. The number of phenols is 1. The molecule has 0 aromatic heterocycles. The number of likely N-dealkylation sites (N-methyl/N-ethyl adjacent to an activating group) is 1. The second-order valence-electron chi connectivity index (χ2n) is 4.73. The van der Waals surface area contributed by atoms with Gasteiger partial charge in [0.25, 0.3) is 0 Å². The summed E-state index contributed by atoms with van der Waals surface area (Å²) in [5.74, 6) is 0.384. The largest absolute Gasteiger partial charge is 0.508 e. The van der Waals surface area contributed by atoms with E-state index >= 15 is 0 Å². The highest BCUT2D eigenvalue weighted by atomic mass is 16.3. The van der Waals surface area contributed by atoms with Crippen LogP contribution in [0.4, 0.5) is 0 Å². The molecule has 1 aliphatic rings. The molecule has 0 saturated carbocycles. The number of hydrogen-bond acceptors (Lipinski definition) is 3. The van der Waals surface area contributed by atoms with Gasteiger partial charge in [0.1, 0.15) is 5.75 Å². The first-order valence-corrected chi connectivity index (χ1v) is 5.87. The summed E-state index contributed by atoms with van der Waals surface area (Å²) in [6.45, 7) is 4.09. The van der Waals surface area contributed by atoms with E-state index in [9.17, 15) is 5.11 Å². The molecule has 0 spiro atoms. The number of nitrogens with one attached hydrogen (secondary N) is 1. The van der Waals surface area contributed by atoms with Crippen LogP contribution in [0.25, 0.3) is 0 Å². The summed E-state index contributed by atoms with van der Waals surface area (Å²) in [7, 11) is 2.16. The quantitative estimate of drug-likeness (QED) is 0.811. The number of rotatable bonds is 3. The van der Waals surface area contributed by atoms with Gasteiger partial charge in [-0.15, -0.1) is 0 Å². The maximum Gasteiger partial charge on any atom is 0.120 e. The second-order valence-corrected chi connectivity index (χ2v) is 4.73. The molecule has 1 aromatic carbocycles. The van der Waals surface area contributed by atoms with E-state index in [0.717, 1.165) is 18.7 Å². The second kappa shape index (κ2) is 4.85. The average molecular weight is 220 g/mol. The first kappa shape index (κ1) is 11.4. The maximum atomic E-state index is 9.64. The van der Waals surface area contributed by atoms with Gasteiger partial charge in [0.2, 0.25) is 0 Å². The van der Waals surface area contributed by atoms with Crippen LogP contribution in [0.3, 0.4) is 0 Å². The lowest BCUT2D eigenvalue weighted by Crippen LogP contribution is -2.31. The van der Waals surface area contributed by atoms with Crippen LogP contribution in [0.5, 0.6) is 5.75 Å². The molecule has 88 valence electrons. The number of benzene rings is 1. The van der Waals surface area contributed by atoms with Crippen molar-refractivity contribution in [1.82, 2.24) is 10.2 Å². The van der Waals surface area contributed by atoms with Crippen LogP contribution in [0.15, 0.2) is 24.3 Å². The molecule has 3 nitrogen and oxygen atoms in total. The number of phenolic OH excluding ortho intramolecular Hbond substituents is 1. The van der Waals surface area contributed by atoms with Crippen molar-refractivity contribution < 1.29 is 5.11 Å². The first-order chi connectivity index (χ1) is 7.66. The minimum Gasteiger partial charge on any atom is -0.508 e. The summed E-state index contributed by atoms with van der Waals surface area (Å²) in [5.41, 5.74) is 0.977. The van der Waals surface area contributed by atoms with E-state index in [1.165, 1.54) is 6.42 Å². The van der Waals surface area contributed by atoms with Crippen molar-refractivity contribution in [2.24, 2.45) is 0 Å². The lowest BCUT2D eigenvalue weighted by atomic mass is 10.1. The molecule has 1 aromatic rings. The Labute approximate surface area is 97.1 Å². The fraction of sp³-hybridized carbons (Fsp3) is 0.538. The number of para-hydroxylation sites is 1. The lowest BCUT2D eigenvalue weighted by Gasteiger charge is -2.13. The fourth-order valence-electron chi connectivity index (χ4n) is 2.26. The van der Waals surface area contributed by atoms with Crippen molar-refractivity contribution in [3.05, 3.63) is 29.8 Å². The predicted octanol–water partition coefficient (Wildman–Crippen LogP) is 1.57. The molecule has 0 aliphatic carbocycles. The molecule has 1 saturated heterocycles. The molecule has 1 aliphatic heterocycles. The molecule has 1 heterocycles. The van der Waals surface area contributed by atoms with Gasteiger partial charge in [-0.25, -0.2) is 0 Å². The Hall–Kier alpha value is -1.06. The van der Waals surface area contributed by atoms with Gasteiger partial charge >= 0.3 is 0 Å². The summed E-state index contributed by atoms with van der Waals surface area (Å²) in [6, 6.07) is 8.70. The maximum absolute atomic E-state index is 9.64. The van der Waals surface area contributed by atoms with E-state index in [2.05, 4.69) is 24.2 Å². The van der Waals surface area contributed by atoms with Crippen LogP contribution in [0.1, 0.15) is 18.9 Å². The zero-order valence-corrected chi connectivity index (χ0v) is 9.98. The number of aromatic hydroxyl groups is 1. The van der Waals surface area contributed by atoms with Gasteiger partial charge < -0.3 is 15.3 Å². The topological polar surface area (TPSA) is 35.5 Å². The average Bonchev–Trinajstić information content (AvgIpc) is 2.57. The molecule has 16 heavy (non-hydrogen) atoms. The Balaban J connectivity index is 1.87. The molecule has 2 N–H and O–H groups in total. The molecule has 0 amide bonds. The minimum absolute atomic E-state index is 0.384. The highest BCUT2D eigenvalue weighted by molar-refractivity contribution is 5.31. The Kier molecular flexibility index (Phi) is 3.46. The van der Waals surface area contributed by atoms with Gasteiger partial charge in [0, 0.05) is 30.7 Å². The molecular weight excluding hydrogens is 200 g/mol. The Morgan fingerprint density at radius 2 is 2.19 bits per heavy atom. The molecule has 0 bridgehead atoms. The lowest BCUT2D eigenvalue weighted by molar-refractivity contribution is 0.326. The van der Waals surface area contributed by atoms with E-state index < -0.39 is 0 Å². The molecule has 2 atom stereocenters. The van der Waals surface area contributed by atoms with Crippen molar-refractivity contribution >= 4 is 0 Å². The number of likely N-dealkylation sites (tertiary alicyclic amines) is 1. The normalized spacial score (nSPS) is 26.1. The Morgan fingerprint density at radius 3 is 2.81 bits per heavy atom. The van der Waals surface area contributed by atoms with Gasteiger partial charge in [-0.1, -0.05) is 18.2 Å². The molecule has 0 radical (unpaired) electrons.